The van der Waals surface area contributed by atoms with E-state index in [-0.39, 0.29) is 6.10 Å². The van der Waals surface area contributed by atoms with Crippen LogP contribution in [-0.2, 0) is 10.1 Å². The van der Waals surface area contributed by atoms with Crippen LogP contribution in [0.15, 0.2) is 0 Å². The van der Waals surface area contributed by atoms with Gasteiger partial charge in [-0.2, -0.15) is 8.42 Å². The van der Waals surface area contributed by atoms with Crippen molar-refractivity contribution in [3.05, 3.63) is 0 Å². The van der Waals surface area contributed by atoms with Crippen LogP contribution >= 0.6 is 0 Å². The van der Waals surface area contributed by atoms with Crippen molar-refractivity contribution >= 4 is 10.1 Å². The maximum atomic E-state index is 11.6. The fourth-order valence-electron chi connectivity index (χ4n) is 3.65. The lowest BCUT2D eigenvalue weighted by molar-refractivity contribution is 0.147. The first kappa shape index (κ1) is 26.9. The van der Waals surface area contributed by atoms with Crippen LogP contribution in [0, 0.1) is 0 Å². The molecule has 4 nitrogen and oxygen atoms in total. The molecule has 0 heterocycles. The van der Waals surface area contributed by atoms with E-state index in [1.54, 1.807) is 0 Å². The standard InChI is InChI=1S/C22H46O4S/c1-3-5-7-9-10-12-13-17-21(23)18-15-16-20-22(27(24,25)26)19-14-11-8-6-4-2/h21-23H,3-20H2,1-2H3,(H,24,25,26). The second-order valence-electron chi connectivity index (χ2n) is 8.19. The van der Waals surface area contributed by atoms with Gasteiger partial charge in [-0.05, 0) is 25.7 Å². The summed E-state index contributed by atoms with van der Waals surface area (Å²) in [6.45, 7) is 4.38. The average Bonchev–Trinajstić information content (AvgIpc) is 2.61. The van der Waals surface area contributed by atoms with Crippen molar-refractivity contribution in [3.63, 3.8) is 0 Å². The van der Waals surface area contributed by atoms with Crippen molar-refractivity contribution in [2.75, 3.05) is 0 Å². The molecule has 2 atom stereocenters. The van der Waals surface area contributed by atoms with Gasteiger partial charge in [-0.15, -0.1) is 0 Å². The SMILES string of the molecule is CCCCCCCCCC(O)CCCCC(CCCCCCC)S(=O)(=O)O. The maximum Gasteiger partial charge on any atom is 0.267 e. The topological polar surface area (TPSA) is 74.6 Å². The van der Waals surface area contributed by atoms with Gasteiger partial charge in [-0.1, -0.05) is 104 Å². The number of hydrogen-bond acceptors (Lipinski definition) is 3. The van der Waals surface area contributed by atoms with E-state index < -0.39 is 15.4 Å². The Hall–Kier alpha value is -0.130. The summed E-state index contributed by atoms with van der Waals surface area (Å²) in [5.41, 5.74) is 0. The van der Waals surface area contributed by atoms with Crippen LogP contribution < -0.4 is 0 Å². The molecular weight excluding hydrogens is 360 g/mol. The smallest absolute Gasteiger partial charge is 0.267 e. The number of rotatable bonds is 20. The van der Waals surface area contributed by atoms with E-state index in [9.17, 15) is 18.1 Å². The summed E-state index contributed by atoms with van der Waals surface area (Å²) in [4.78, 5) is 0. The molecule has 0 aromatic rings. The summed E-state index contributed by atoms with van der Waals surface area (Å²) < 4.78 is 32.5. The highest BCUT2D eigenvalue weighted by Gasteiger charge is 2.22. The minimum Gasteiger partial charge on any atom is -0.393 e. The Bertz CT molecular complexity index is 409. The molecule has 2 unspecified atom stereocenters. The molecule has 0 aliphatic heterocycles. The third-order valence-electron chi connectivity index (χ3n) is 5.51. The van der Waals surface area contributed by atoms with Gasteiger partial charge in [-0.3, -0.25) is 4.55 Å². The zero-order valence-corrected chi connectivity index (χ0v) is 18.8. The van der Waals surface area contributed by atoms with E-state index in [2.05, 4.69) is 13.8 Å². The molecule has 0 aliphatic carbocycles. The molecule has 0 aliphatic rings. The lowest BCUT2D eigenvalue weighted by atomic mass is 10.0. The van der Waals surface area contributed by atoms with Gasteiger partial charge in [0.15, 0.2) is 0 Å². The van der Waals surface area contributed by atoms with Gasteiger partial charge >= 0.3 is 0 Å². The first-order valence-corrected chi connectivity index (χ1v) is 13.1. The van der Waals surface area contributed by atoms with Crippen molar-refractivity contribution < 1.29 is 18.1 Å². The molecule has 0 radical (unpaired) electrons. The molecule has 2 N–H and O–H groups in total. The van der Waals surface area contributed by atoms with E-state index in [0.29, 0.717) is 12.8 Å². The summed E-state index contributed by atoms with van der Waals surface area (Å²) in [5.74, 6) is 0. The Morgan fingerprint density at radius 2 is 0.926 bits per heavy atom. The first-order valence-electron chi connectivity index (χ1n) is 11.6. The van der Waals surface area contributed by atoms with E-state index >= 15 is 0 Å². The van der Waals surface area contributed by atoms with Crippen molar-refractivity contribution in [2.24, 2.45) is 0 Å². The monoisotopic (exact) mass is 406 g/mol. The van der Waals surface area contributed by atoms with Gasteiger partial charge in [0.1, 0.15) is 0 Å². The minimum atomic E-state index is -3.95. The molecule has 0 saturated carbocycles. The van der Waals surface area contributed by atoms with Crippen LogP contribution in [0.5, 0.6) is 0 Å². The van der Waals surface area contributed by atoms with Crippen molar-refractivity contribution in [1.29, 1.82) is 0 Å². The van der Waals surface area contributed by atoms with Crippen LogP contribution in [0.25, 0.3) is 0 Å². The summed E-state index contributed by atoms with van der Waals surface area (Å²) >= 11 is 0. The van der Waals surface area contributed by atoms with E-state index in [1.807, 2.05) is 0 Å². The Balaban J connectivity index is 3.76. The van der Waals surface area contributed by atoms with Crippen molar-refractivity contribution in [3.8, 4) is 0 Å². The Labute approximate surface area is 169 Å². The molecule has 0 saturated heterocycles. The van der Waals surface area contributed by atoms with Gasteiger partial charge in [0.25, 0.3) is 10.1 Å². The molecular formula is C22H46O4S. The summed E-state index contributed by atoms with van der Waals surface area (Å²) in [6, 6.07) is 0. The Kier molecular flexibility index (Phi) is 17.8. The van der Waals surface area contributed by atoms with Gasteiger partial charge in [0.05, 0.1) is 11.4 Å². The van der Waals surface area contributed by atoms with Crippen LogP contribution in [0.3, 0.4) is 0 Å². The van der Waals surface area contributed by atoms with Gasteiger partial charge in [0.2, 0.25) is 0 Å². The predicted octanol–water partition coefficient (Wildman–Crippen LogP) is 6.67. The van der Waals surface area contributed by atoms with E-state index in [4.69, 9.17) is 0 Å². The van der Waals surface area contributed by atoms with Crippen LogP contribution in [0.4, 0.5) is 0 Å². The normalized spacial score (nSPS) is 14.4. The van der Waals surface area contributed by atoms with Crippen molar-refractivity contribution in [1.82, 2.24) is 0 Å². The van der Waals surface area contributed by atoms with Crippen LogP contribution in [0.2, 0.25) is 0 Å². The maximum absolute atomic E-state index is 11.6. The van der Waals surface area contributed by atoms with Gasteiger partial charge < -0.3 is 5.11 Å². The lowest BCUT2D eigenvalue weighted by Gasteiger charge is -2.15. The molecule has 0 fully saturated rings. The van der Waals surface area contributed by atoms with Crippen molar-refractivity contribution in [2.45, 2.75) is 141 Å². The molecule has 27 heavy (non-hydrogen) atoms. The molecule has 0 aromatic carbocycles. The third-order valence-corrected chi connectivity index (χ3v) is 6.82. The Morgan fingerprint density at radius 1 is 0.593 bits per heavy atom. The highest BCUT2D eigenvalue weighted by atomic mass is 32.2. The third kappa shape index (κ3) is 17.7. The highest BCUT2D eigenvalue weighted by molar-refractivity contribution is 7.86. The zero-order chi connectivity index (χ0) is 20.4. The fraction of sp³-hybridized carbons (Fsp3) is 1.00. The van der Waals surface area contributed by atoms with Crippen LogP contribution in [0.1, 0.15) is 129 Å². The summed E-state index contributed by atoms with van der Waals surface area (Å²) in [5, 5.41) is 9.45. The molecule has 0 bridgehead atoms. The average molecular weight is 407 g/mol. The van der Waals surface area contributed by atoms with Crippen LogP contribution in [-0.4, -0.2) is 29.4 Å². The largest absolute Gasteiger partial charge is 0.393 e. The number of aliphatic hydroxyl groups excluding tert-OH is 1. The number of hydrogen-bond donors (Lipinski definition) is 2. The molecule has 0 rings (SSSR count). The van der Waals surface area contributed by atoms with E-state index in [0.717, 1.165) is 51.4 Å². The predicted molar refractivity (Wildman–Crippen MR) is 116 cm³/mol. The molecule has 5 heteroatoms. The van der Waals surface area contributed by atoms with E-state index in [1.165, 1.54) is 51.4 Å². The highest BCUT2D eigenvalue weighted by Crippen LogP contribution is 2.19. The number of unbranched alkanes of at least 4 members (excludes halogenated alkanes) is 11. The summed E-state index contributed by atoms with van der Waals surface area (Å²) in [6.07, 6.45) is 18.2. The second kappa shape index (κ2) is 17.9. The lowest BCUT2D eigenvalue weighted by Crippen LogP contribution is -2.20. The van der Waals surface area contributed by atoms with Gasteiger partial charge in [0, 0.05) is 0 Å². The summed E-state index contributed by atoms with van der Waals surface area (Å²) in [7, 11) is -3.95. The zero-order valence-electron chi connectivity index (χ0n) is 18.0. The first-order chi connectivity index (χ1) is 12.9. The molecule has 0 aromatic heterocycles. The number of aliphatic hydroxyl groups is 1. The minimum absolute atomic E-state index is 0.265. The molecule has 0 amide bonds. The van der Waals surface area contributed by atoms with Gasteiger partial charge in [-0.25, -0.2) is 0 Å². The second-order valence-corrected chi connectivity index (χ2v) is 9.88. The fourth-order valence-corrected chi connectivity index (χ4v) is 4.58. The molecule has 0 spiro atoms. The quantitative estimate of drug-likeness (QED) is 0.175. The molecule has 164 valence electrons. The Morgan fingerprint density at radius 3 is 1.37 bits per heavy atom.